The van der Waals surface area contributed by atoms with Crippen LogP contribution >= 0.6 is 0 Å². The summed E-state index contributed by atoms with van der Waals surface area (Å²) in [5, 5.41) is 0. The molecule has 0 aliphatic heterocycles. The number of hydrogen-bond donors (Lipinski definition) is 0. The zero-order valence-electron chi connectivity index (χ0n) is 10.7. The summed E-state index contributed by atoms with van der Waals surface area (Å²) in [7, 11) is 0. The van der Waals surface area contributed by atoms with Crippen LogP contribution in [-0.4, -0.2) is 12.4 Å². The smallest absolute Gasteiger partial charge is 0.163 e. The molecule has 0 saturated heterocycles. The molecule has 1 aliphatic carbocycles. The van der Waals surface area contributed by atoms with E-state index in [1.807, 2.05) is 18.2 Å². The van der Waals surface area contributed by atoms with Gasteiger partial charge in [-0.2, -0.15) is 0 Å². The number of aryl methyl sites for hydroxylation is 1. The molecule has 0 fully saturated rings. The van der Waals surface area contributed by atoms with Gasteiger partial charge in [-0.25, -0.2) is 0 Å². The number of carbonyl (C=O) groups is 1. The monoisotopic (exact) mass is 232 g/mol. The highest BCUT2D eigenvalue weighted by atomic mass is 16.5. The van der Waals surface area contributed by atoms with Crippen molar-refractivity contribution in [2.24, 2.45) is 5.92 Å². The van der Waals surface area contributed by atoms with Crippen LogP contribution in [0.1, 0.15) is 49.0 Å². The number of ketones is 1. The quantitative estimate of drug-likeness (QED) is 0.775. The molecule has 0 amide bonds. The van der Waals surface area contributed by atoms with Crippen LogP contribution in [0.5, 0.6) is 5.75 Å². The second kappa shape index (κ2) is 5.35. The van der Waals surface area contributed by atoms with Crippen LogP contribution in [0.3, 0.4) is 0 Å². The molecule has 2 rings (SSSR count). The van der Waals surface area contributed by atoms with Gasteiger partial charge in [0.1, 0.15) is 5.75 Å². The average molecular weight is 232 g/mol. The largest absolute Gasteiger partial charge is 0.493 e. The zero-order chi connectivity index (χ0) is 12.3. The van der Waals surface area contributed by atoms with Crippen LogP contribution in [0.2, 0.25) is 0 Å². The number of ether oxygens (including phenoxy) is 1. The Bertz CT molecular complexity index is 405. The first-order valence-corrected chi connectivity index (χ1v) is 6.53. The van der Waals surface area contributed by atoms with E-state index < -0.39 is 0 Å². The maximum atomic E-state index is 11.5. The molecule has 0 N–H and O–H groups in total. The minimum atomic E-state index is 0.270. The molecule has 1 aliphatic rings. The molecule has 17 heavy (non-hydrogen) atoms. The third-order valence-corrected chi connectivity index (χ3v) is 3.64. The Labute approximate surface area is 103 Å². The molecular formula is C15H20O2. The van der Waals surface area contributed by atoms with Crippen LogP contribution in [0, 0.1) is 5.92 Å². The van der Waals surface area contributed by atoms with Crippen molar-refractivity contribution < 1.29 is 9.53 Å². The SMILES string of the molecule is CCC(CC)COc1ccc2c(c1)CCC2=O. The van der Waals surface area contributed by atoms with Gasteiger partial charge in [0.05, 0.1) is 6.61 Å². The Balaban J connectivity index is 2.01. The van der Waals surface area contributed by atoms with E-state index in [1.165, 1.54) is 0 Å². The summed E-state index contributed by atoms with van der Waals surface area (Å²) in [5.74, 6) is 1.81. The molecule has 0 atom stereocenters. The van der Waals surface area contributed by atoms with E-state index in [1.54, 1.807) is 0 Å². The summed E-state index contributed by atoms with van der Waals surface area (Å²) < 4.78 is 5.80. The van der Waals surface area contributed by atoms with Gasteiger partial charge in [-0.15, -0.1) is 0 Å². The Hall–Kier alpha value is -1.31. The van der Waals surface area contributed by atoms with E-state index in [2.05, 4.69) is 13.8 Å². The van der Waals surface area contributed by atoms with Crippen molar-refractivity contribution in [1.29, 1.82) is 0 Å². The number of Topliss-reactive ketones (excluding diaryl/α,β-unsaturated/α-hetero) is 1. The molecule has 92 valence electrons. The van der Waals surface area contributed by atoms with Gasteiger partial charge in [-0.3, -0.25) is 4.79 Å². The fourth-order valence-electron chi connectivity index (χ4n) is 2.26. The maximum absolute atomic E-state index is 11.5. The van der Waals surface area contributed by atoms with Gasteiger partial charge in [-0.05, 0) is 36.1 Å². The Morgan fingerprint density at radius 3 is 2.71 bits per heavy atom. The van der Waals surface area contributed by atoms with Crippen molar-refractivity contribution in [2.45, 2.75) is 39.5 Å². The van der Waals surface area contributed by atoms with Crippen LogP contribution in [0.15, 0.2) is 18.2 Å². The first-order chi connectivity index (χ1) is 8.24. The van der Waals surface area contributed by atoms with E-state index in [0.717, 1.165) is 42.7 Å². The molecule has 0 radical (unpaired) electrons. The highest BCUT2D eigenvalue weighted by molar-refractivity contribution is 6.00. The molecule has 0 saturated carbocycles. The lowest BCUT2D eigenvalue weighted by Crippen LogP contribution is -2.10. The van der Waals surface area contributed by atoms with Crippen LogP contribution in [0.4, 0.5) is 0 Å². The summed E-state index contributed by atoms with van der Waals surface area (Å²) in [4.78, 5) is 11.5. The molecule has 0 unspecified atom stereocenters. The molecule has 0 spiro atoms. The molecule has 1 aromatic carbocycles. The minimum Gasteiger partial charge on any atom is -0.493 e. The number of fused-ring (bicyclic) bond motifs is 1. The molecule has 0 aromatic heterocycles. The molecule has 1 aromatic rings. The average Bonchev–Trinajstić information content (AvgIpc) is 2.72. The normalized spacial score (nSPS) is 14.2. The van der Waals surface area contributed by atoms with Crippen molar-refractivity contribution in [1.82, 2.24) is 0 Å². The summed E-state index contributed by atoms with van der Waals surface area (Å²) in [5.41, 5.74) is 2.04. The number of carbonyl (C=O) groups excluding carboxylic acids is 1. The summed E-state index contributed by atoms with van der Waals surface area (Å²) in [6, 6.07) is 5.86. The Morgan fingerprint density at radius 1 is 1.24 bits per heavy atom. The standard InChI is InChI=1S/C15H20O2/c1-3-11(4-2)10-17-13-6-7-14-12(9-13)5-8-15(14)16/h6-7,9,11H,3-5,8,10H2,1-2H3. The molecule has 0 heterocycles. The van der Waals surface area contributed by atoms with Gasteiger partial charge < -0.3 is 4.74 Å². The third kappa shape index (κ3) is 2.68. The van der Waals surface area contributed by atoms with Crippen molar-refractivity contribution in [3.05, 3.63) is 29.3 Å². The highest BCUT2D eigenvalue weighted by Crippen LogP contribution is 2.26. The molecule has 0 bridgehead atoms. The summed E-state index contributed by atoms with van der Waals surface area (Å²) in [6.07, 6.45) is 3.83. The third-order valence-electron chi connectivity index (χ3n) is 3.64. The fourth-order valence-corrected chi connectivity index (χ4v) is 2.26. The van der Waals surface area contributed by atoms with Crippen LogP contribution in [0.25, 0.3) is 0 Å². The maximum Gasteiger partial charge on any atom is 0.163 e. The minimum absolute atomic E-state index is 0.270. The summed E-state index contributed by atoms with van der Waals surface area (Å²) in [6.45, 7) is 5.16. The second-order valence-electron chi connectivity index (χ2n) is 4.74. The first-order valence-electron chi connectivity index (χ1n) is 6.53. The van der Waals surface area contributed by atoms with Crippen LogP contribution in [-0.2, 0) is 6.42 Å². The molecule has 2 nitrogen and oxygen atoms in total. The lowest BCUT2D eigenvalue weighted by molar-refractivity contribution is 0.0994. The van der Waals surface area contributed by atoms with E-state index >= 15 is 0 Å². The van der Waals surface area contributed by atoms with Crippen molar-refractivity contribution >= 4 is 5.78 Å². The Morgan fingerprint density at radius 2 is 2.00 bits per heavy atom. The predicted octanol–water partition coefficient (Wildman–Crippen LogP) is 3.63. The molecular weight excluding hydrogens is 212 g/mol. The van der Waals surface area contributed by atoms with Crippen LogP contribution < -0.4 is 4.74 Å². The van der Waals surface area contributed by atoms with Crippen molar-refractivity contribution in [3.8, 4) is 5.75 Å². The van der Waals surface area contributed by atoms with Gasteiger partial charge in [0.25, 0.3) is 0 Å². The highest BCUT2D eigenvalue weighted by Gasteiger charge is 2.19. The number of hydrogen-bond acceptors (Lipinski definition) is 2. The molecule has 2 heteroatoms. The lowest BCUT2D eigenvalue weighted by atomic mass is 10.1. The van der Waals surface area contributed by atoms with Gasteiger partial charge in [0, 0.05) is 12.0 Å². The van der Waals surface area contributed by atoms with E-state index in [-0.39, 0.29) is 5.78 Å². The van der Waals surface area contributed by atoms with Gasteiger partial charge >= 0.3 is 0 Å². The van der Waals surface area contributed by atoms with E-state index in [0.29, 0.717) is 12.3 Å². The van der Waals surface area contributed by atoms with Gasteiger partial charge in [-0.1, -0.05) is 26.7 Å². The van der Waals surface area contributed by atoms with Crippen molar-refractivity contribution in [2.75, 3.05) is 6.61 Å². The topological polar surface area (TPSA) is 26.3 Å². The lowest BCUT2D eigenvalue weighted by Gasteiger charge is -2.14. The van der Waals surface area contributed by atoms with Gasteiger partial charge in [0.2, 0.25) is 0 Å². The Kier molecular flexibility index (Phi) is 3.82. The summed E-state index contributed by atoms with van der Waals surface area (Å²) >= 11 is 0. The number of benzene rings is 1. The van der Waals surface area contributed by atoms with Gasteiger partial charge in [0.15, 0.2) is 5.78 Å². The fraction of sp³-hybridized carbons (Fsp3) is 0.533. The predicted molar refractivity (Wildman–Crippen MR) is 68.7 cm³/mol. The zero-order valence-corrected chi connectivity index (χ0v) is 10.7. The van der Waals surface area contributed by atoms with E-state index in [9.17, 15) is 4.79 Å². The number of rotatable bonds is 5. The van der Waals surface area contributed by atoms with E-state index in [4.69, 9.17) is 4.74 Å². The first kappa shape index (κ1) is 12.2. The second-order valence-corrected chi connectivity index (χ2v) is 4.74. The van der Waals surface area contributed by atoms with Crippen molar-refractivity contribution in [3.63, 3.8) is 0 Å².